The summed E-state index contributed by atoms with van der Waals surface area (Å²) in [6.45, 7) is 0. The Hall–Kier alpha value is -1.09. The first-order chi connectivity index (χ1) is 9.31. The van der Waals surface area contributed by atoms with E-state index in [4.69, 9.17) is 11.6 Å². The molecule has 1 aliphatic rings. The van der Waals surface area contributed by atoms with E-state index < -0.39 is 0 Å². The average Bonchev–Trinajstić information content (AvgIpc) is 2.61. The highest BCUT2D eigenvalue weighted by Gasteiger charge is 2.21. The molecule has 0 bridgehead atoms. The van der Waals surface area contributed by atoms with Crippen molar-refractivity contribution < 1.29 is 4.39 Å². The summed E-state index contributed by atoms with van der Waals surface area (Å²) in [4.78, 5) is 4.39. The number of halogens is 2. The topological polar surface area (TPSA) is 17.8 Å². The molecule has 1 aromatic heterocycles. The van der Waals surface area contributed by atoms with Gasteiger partial charge in [0.05, 0.1) is 11.4 Å². The molecule has 4 heteroatoms. The Morgan fingerprint density at radius 2 is 1.95 bits per heavy atom. The lowest BCUT2D eigenvalue weighted by molar-refractivity contribution is 0.444. The minimum absolute atomic E-state index is 0.253. The number of hydrogen-bond donors (Lipinski definition) is 0. The summed E-state index contributed by atoms with van der Waals surface area (Å²) >= 11 is 6.01. The van der Waals surface area contributed by atoms with E-state index in [1.54, 1.807) is 6.07 Å². The number of alkyl halides is 1. The van der Waals surface area contributed by atoms with Gasteiger partial charge >= 0.3 is 0 Å². The maximum atomic E-state index is 13.8. The first-order valence-electron chi connectivity index (χ1n) is 7.02. The van der Waals surface area contributed by atoms with Crippen LogP contribution in [0.25, 0.3) is 11.0 Å². The number of fused-ring (bicyclic) bond motifs is 1. The van der Waals surface area contributed by atoms with Gasteiger partial charge in [-0.3, -0.25) is 0 Å². The van der Waals surface area contributed by atoms with Gasteiger partial charge in [-0.2, -0.15) is 0 Å². The van der Waals surface area contributed by atoms with Gasteiger partial charge in [0, 0.05) is 6.04 Å². The van der Waals surface area contributed by atoms with Crippen LogP contribution in [0.3, 0.4) is 0 Å². The van der Waals surface area contributed by atoms with Gasteiger partial charge in [0.25, 0.3) is 0 Å². The Bertz CT molecular complexity index is 571. The molecule has 0 saturated heterocycles. The van der Waals surface area contributed by atoms with Crippen molar-refractivity contribution in [3.8, 4) is 0 Å². The Morgan fingerprint density at radius 3 is 2.63 bits per heavy atom. The van der Waals surface area contributed by atoms with Crippen molar-refractivity contribution in [1.29, 1.82) is 0 Å². The van der Waals surface area contributed by atoms with Crippen molar-refractivity contribution in [2.24, 2.45) is 0 Å². The molecular formula is C15H18ClFN2. The molecule has 0 N–H and O–H groups in total. The van der Waals surface area contributed by atoms with Gasteiger partial charge in [-0.05, 0) is 25.0 Å². The van der Waals surface area contributed by atoms with Crippen LogP contribution in [0.4, 0.5) is 4.39 Å². The number of nitrogens with zero attached hydrogens (tertiary/aromatic N) is 2. The summed E-state index contributed by atoms with van der Waals surface area (Å²) in [5.41, 5.74) is 1.35. The summed E-state index contributed by atoms with van der Waals surface area (Å²) < 4.78 is 16.0. The molecule has 0 radical (unpaired) electrons. The number of hydrogen-bond acceptors (Lipinski definition) is 1. The van der Waals surface area contributed by atoms with Crippen molar-refractivity contribution in [1.82, 2.24) is 9.55 Å². The fourth-order valence-electron chi connectivity index (χ4n) is 3.15. The maximum absolute atomic E-state index is 13.8. The zero-order chi connectivity index (χ0) is 13.2. The molecule has 0 spiro atoms. The largest absolute Gasteiger partial charge is 0.324 e. The van der Waals surface area contributed by atoms with Crippen molar-refractivity contribution in [3.05, 3.63) is 29.8 Å². The number of benzene rings is 1. The monoisotopic (exact) mass is 280 g/mol. The summed E-state index contributed by atoms with van der Waals surface area (Å²) in [5.74, 6) is 0.884. The van der Waals surface area contributed by atoms with Crippen LogP contribution in [0, 0.1) is 5.82 Å². The average molecular weight is 281 g/mol. The second-order valence-corrected chi connectivity index (χ2v) is 5.55. The van der Waals surface area contributed by atoms with Gasteiger partial charge < -0.3 is 4.57 Å². The Kier molecular flexibility index (Phi) is 3.74. The van der Waals surface area contributed by atoms with Crippen LogP contribution < -0.4 is 0 Å². The molecule has 2 nitrogen and oxygen atoms in total. The van der Waals surface area contributed by atoms with E-state index in [1.807, 2.05) is 6.07 Å². The van der Waals surface area contributed by atoms with Gasteiger partial charge in [0.15, 0.2) is 5.82 Å². The van der Waals surface area contributed by atoms with Crippen molar-refractivity contribution in [2.75, 3.05) is 0 Å². The quantitative estimate of drug-likeness (QED) is 0.570. The molecule has 1 heterocycles. The summed E-state index contributed by atoms with van der Waals surface area (Å²) in [6.07, 6.45) is 7.36. The Balaban J connectivity index is 2.12. The van der Waals surface area contributed by atoms with E-state index in [2.05, 4.69) is 9.55 Å². The lowest BCUT2D eigenvalue weighted by atomic mass is 10.1. The fraction of sp³-hybridized carbons (Fsp3) is 0.533. The summed E-state index contributed by atoms with van der Waals surface area (Å²) in [5, 5.41) is 0. The highest BCUT2D eigenvalue weighted by Crippen LogP contribution is 2.32. The number of para-hydroxylation sites is 1. The number of aromatic nitrogens is 2. The summed E-state index contributed by atoms with van der Waals surface area (Å²) in [6, 6.07) is 5.59. The van der Waals surface area contributed by atoms with Gasteiger partial charge in [0.1, 0.15) is 11.3 Å². The first-order valence-corrected chi connectivity index (χ1v) is 7.56. The minimum Gasteiger partial charge on any atom is -0.324 e. The third kappa shape index (κ3) is 2.36. The molecular weight excluding hydrogens is 263 g/mol. The molecule has 0 unspecified atom stereocenters. The molecule has 102 valence electrons. The fourth-order valence-corrected chi connectivity index (χ4v) is 3.34. The minimum atomic E-state index is -0.253. The molecule has 1 fully saturated rings. The second kappa shape index (κ2) is 5.49. The predicted octanol–water partition coefficient (Wildman–Crippen LogP) is 4.81. The van der Waals surface area contributed by atoms with Gasteiger partial charge in [0.2, 0.25) is 0 Å². The number of rotatable bonds is 2. The molecule has 2 aromatic rings. The van der Waals surface area contributed by atoms with Gasteiger partial charge in [-0.25, -0.2) is 9.37 Å². The van der Waals surface area contributed by atoms with Crippen LogP contribution in [0.5, 0.6) is 0 Å². The zero-order valence-electron chi connectivity index (χ0n) is 10.9. The van der Waals surface area contributed by atoms with Crippen LogP contribution in [0.1, 0.15) is 50.4 Å². The van der Waals surface area contributed by atoms with Crippen LogP contribution in [0.15, 0.2) is 18.2 Å². The van der Waals surface area contributed by atoms with E-state index >= 15 is 0 Å². The van der Waals surface area contributed by atoms with Crippen molar-refractivity contribution in [3.63, 3.8) is 0 Å². The highest BCUT2D eigenvalue weighted by atomic mass is 35.5. The highest BCUT2D eigenvalue weighted by molar-refractivity contribution is 6.16. The lowest BCUT2D eigenvalue weighted by Crippen LogP contribution is -2.11. The molecule has 1 aromatic carbocycles. The third-order valence-electron chi connectivity index (χ3n) is 4.05. The zero-order valence-corrected chi connectivity index (χ0v) is 11.7. The second-order valence-electron chi connectivity index (χ2n) is 5.28. The molecule has 3 rings (SSSR count). The van der Waals surface area contributed by atoms with Crippen molar-refractivity contribution in [2.45, 2.75) is 50.4 Å². The van der Waals surface area contributed by atoms with E-state index in [1.165, 1.54) is 31.7 Å². The Labute approximate surface area is 117 Å². The number of imidazole rings is 1. The summed E-state index contributed by atoms with van der Waals surface area (Å²) in [7, 11) is 0. The first kappa shape index (κ1) is 12.9. The maximum Gasteiger partial charge on any atom is 0.151 e. The SMILES string of the molecule is Fc1cccc2c1nc(CCl)n2C1CCCCCC1. The normalized spacial score (nSPS) is 17.8. The molecule has 0 amide bonds. The van der Waals surface area contributed by atoms with Crippen LogP contribution in [-0.4, -0.2) is 9.55 Å². The molecule has 1 saturated carbocycles. The van der Waals surface area contributed by atoms with E-state index in [-0.39, 0.29) is 5.82 Å². The standard InChI is InChI=1S/C15H18ClFN2/c16-10-14-18-15-12(17)8-5-9-13(15)19(14)11-6-3-1-2-4-7-11/h5,8-9,11H,1-4,6-7,10H2. The van der Waals surface area contributed by atoms with Crippen LogP contribution >= 0.6 is 11.6 Å². The van der Waals surface area contributed by atoms with Gasteiger partial charge in [-0.15, -0.1) is 11.6 Å². The molecule has 19 heavy (non-hydrogen) atoms. The molecule has 1 aliphatic carbocycles. The molecule has 0 aliphatic heterocycles. The van der Waals surface area contributed by atoms with E-state index in [0.717, 1.165) is 24.2 Å². The van der Waals surface area contributed by atoms with Crippen LogP contribution in [0.2, 0.25) is 0 Å². The van der Waals surface area contributed by atoms with E-state index in [0.29, 0.717) is 17.4 Å². The third-order valence-corrected chi connectivity index (χ3v) is 4.29. The van der Waals surface area contributed by atoms with E-state index in [9.17, 15) is 4.39 Å². The predicted molar refractivity (Wildman–Crippen MR) is 76.0 cm³/mol. The molecule has 0 atom stereocenters. The smallest absolute Gasteiger partial charge is 0.151 e. The van der Waals surface area contributed by atoms with Gasteiger partial charge in [-0.1, -0.05) is 31.7 Å². The Morgan fingerprint density at radius 1 is 1.21 bits per heavy atom. The van der Waals surface area contributed by atoms with Crippen molar-refractivity contribution >= 4 is 22.6 Å². The van der Waals surface area contributed by atoms with Crippen LogP contribution in [-0.2, 0) is 5.88 Å². The lowest BCUT2D eigenvalue weighted by Gasteiger charge is -2.19.